The summed E-state index contributed by atoms with van der Waals surface area (Å²) < 4.78 is 18.0. The van der Waals surface area contributed by atoms with Crippen LogP contribution in [0.1, 0.15) is 11.1 Å². The summed E-state index contributed by atoms with van der Waals surface area (Å²) in [5.74, 6) is -1.08. The first kappa shape index (κ1) is 14.1. The van der Waals surface area contributed by atoms with E-state index in [0.717, 1.165) is 5.56 Å². The van der Waals surface area contributed by atoms with Crippen molar-refractivity contribution in [1.29, 1.82) is 0 Å². The molecule has 22 heavy (non-hydrogen) atoms. The minimum Gasteiger partial charge on any atom is -0.408 e. The maximum atomic E-state index is 13.0. The number of benzene rings is 2. The van der Waals surface area contributed by atoms with Gasteiger partial charge in [0, 0.05) is 6.54 Å². The van der Waals surface area contributed by atoms with Gasteiger partial charge in [0.2, 0.25) is 5.91 Å². The van der Waals surface area contributed by atoms with Gasteiger partial charge < -0.3 is 9.73 Å². The Morgan fingerprint density at radius 2 is 2.05 bits per heavy atom. The van der Waals surface area contributed by atoms with E-state index in [4.69, 9.17) is 4.42 Å². The zero-order valence-corrected chi connectivity index (χ0v) is 11.6. The summed E-state index contributed by atoms with van der Waals surface area (Å²) >= 11 is 0. The number of oxazole rings is 1. The van der Waals surface area contributed by atoms with Crippen molar-refractivity contribution in [3.8, 4) is 0 Å². The largest absolute Gasteiger partial charge is 0.417 e. The predicted molar refractivity (Wildman–Crippen MR) is 78.8 cm³/mol. The van der Waals surface area contributed by atoms with E-state index in [2.05, 4.69) is 10.3 Å². The summed E-state index contributed by atoms with van der Waals surface area (Å²) in [7, 11) is 0. The van der Waals surface area contributed by atoms with E-state index in [9.17, 15) is 14.0 Å². The van der Waals surface area contributed by atoms with Crippen LogP contribution in [0.4, 0.5) is 4.39 Å². The van der Waals surface area contributed by atoms with Gasteiger partial charge in [0.15, 0.2) is 5.58 Å². The number of H-pyrrole nitrogens is 1. The van der Waals surface area contributed by atoms with Gasteiger partial charge >= 0.3 is 5.76 Å². The molecule has 0 saturated carbocycles. The summed E-state index contributed by atoms with van der Waals surface area (Å²) in [5.41, 5.74) is 2.48. The highest BCUT2D eigenvalue weighted by molar-refractivity contribution is 5.79. The third-order valence-corrected chi connectivity index (χ3v) is 3.23. The van der Waals surface area contributed by atoms with Gasteiger partial charge in [-0.05, 0) is 35.4 Å². The van der Waals surface area contributed by atoms with Gasteiger partial charge in [-0.3, -0.25) is 9.78 Å². The molecule has 5 nitrogen and oxygen atoms in total. The second-order valence-corrected chi connectivity index (χ2v) is 4.93. The fourth-order valence-electron chi connectivity index (χ4n) is 2.20. The Labute approximate surface area is 124 Å². The average Bonchev–Trinajstić information content (AvgIpc) is 2.84. The van der Waals surface area contributed by atoms with E-state index in [0.29, 0.717) is 23.2 Å². The molecule has 6 heteroatoms. The van der Waals surface area contributed by atoms with Gasteiger partial charge in [0.25, 0.3) is 0 Å². The molecule has 3 aromatic rings. The van der Waals surface area contributed by atoms with Crippen molar-refractivity contribution in [3.05, 3.63) is 70.0 Å². The Kier molecular flexibility index (Phi) is 3.74. The van der Waals surface area contributed by atoms with Gasteiger partial charge in [-0.25, -0.2) is 9.18 Å². The van der Waals surface area contributed by atoms with Gasteiger partial charge in [-0.1, -0.05) is 18.2 Å². The van der Waals surface area contributed by atoms with Crippen molar-refractivity contribution in [2.45, 2.75) is 13.0 Å². The Balaban J connectivity index is 1.63. The predicted octanol–water partition coefficient (Wildman–Crippen LogP) is 2.12. The molecule has 0 bridgehead atoms. The highest BCUT2D eigenvalue weighted by atomic mass is 19.1. The van der Waals surface area contributed by atoms with E-state index in [1.54, 1.807) is 30.3 Å². The van der Waals surface area contributed by atoms with E-state index in [1.165, 1.54) is 12.1 Å². The van der Waals surface area contributed by atoms with Crippen LogP contribution in [-0.2, 0) is 17.8 Å². The van der Waals surface area contributed by atoms with Crippen molar-refractivity contribution >= 4 is 17.0 Å². The van der Waals surface area contributed by atoms with Crippen molar-refractivity contribution in [3.63, 3.8) is 0 Å². The number of hydrogen-bond donors (Lipinski definition) is 2. The molecule has 0 atom stereocenters. The Hall–Kier alpha value is -2.89. The number of aromatic nitrogens is 1. The molecule has 2 aromatic carbocycles. The topological polar surface area (TPSA) is 75.1 Å². The maximum absolute atomic E-state index is 13.0. The second kappa shape index (κ2) is 5.85. The van der Waals surface area contributed by atoms with Crippen LogP contribution in [0.3, 0.4) is 0 Å². The number of carbonyl (C=O) groups excluding carboxylic acids is 1. The van der Waals surface area contributed by atoms with Crippen LogP contribution >= 0.6 is 0 Å². The number of fused-ring (bicyclic) bond motifs is 1. The molecule has 3 rings (SSSR count). The number of hydrogen-bond acceptors (Lipinski definition) is 3. The highest BCUT2D eigenvalue weighted by Crippen LogP contribution is 2.12. The van der Waals surface area contributed by atoms with Gasteiger partial charge in [-0.15, -0.1) is 0 Å². The molecule has 0 fully saturated rings. The first-order valence-electron chi connectivity index (χ1n) is 6.73. The van der Waals surface area contributed by atoms with Gasteiger partial charge in [0.05, 0.1) is 11.9 Å². The van der Waals surface area contributed by atoms with E-state index in [1.807, 2.05) is 0 Å². The molecule has 0 radical (unpaired) electrons. The lowest BCUT2D eigenvalue weighted by atomic mass is 10.1. The lowest BCUT2D eigenvalue weighted by molar-refractivity contribution is -0.120. The molecule has 0 aliphatic rings. The molecule has 0 unspecified atom stereocenters. The van der Waals surface area contributed by atoms with E-state index < -0.39 is 5.76 Å². The Bertz CT molecular complexity index is 882. The standard InChI is InChI=1S/C16H13FN2O3/c17-12-3-1-2-10(6-12)8-15(20)18-9-11-4-5-13-14(7-11)22-16(21)19-13/h1-7H,8-9H2,(H,18,20)(H,19,21). The normalized spacial score (nSPS) is 10.8. The van der Waals surface area contributed by atoms with Gasteiger partial charge in [0.1, 0.15) is 5.82 Å². The smallest absolute Gasteiger partial charge is 0.408 e. The average molecular weight is 300 g/mol. The van der Waals surface area contributed by atoms with Crippen LogP contribution in [0, 0.1) is 5.82 Å². The molecule has 0 saturated heterocycles. The van der Waals surface area contributed by atoms with Crippen LogP contribution in [0.2, 0.25) is 0 Å². The molecule has 2 N–H and O–H groups in total. The zero-order valence-electron chi connectivity index (χ0n) is 11.6. The van der Waals surface area contributed by atoms with Crippen molar-refractivity contribution in [1.82, 2.24) is 10.3 Å². The lowest BCUT2D eigenvalue weighted by Crippen LogP contribution is -2.24. The van der Waals surface area contributed by atoms with Gasteiger partial charge in [-0.2, -0.15) is 0 Å². The molecule has 112 valence electrons. The number of halogens is 1. The summed E-state index contributed by atoms with van der Waals surface area (Å²) in [6.07, 6.45) is 0.110. The third kappa shape index (κ3) is 3.22. The molecule has 1 heterocycles. The molecular formula is C16H13FN2O3. The van der Waals surface area contributed by atoms with Crippen molar-refractivity contribution in [2.24, 2.45) is 0 Å². The SMILES string of the molecule is O=C(Cc1cccc(F)c1)NCc1ccc2[nH]c(=O)oc2c1. The summed E-state index contributed by atoms with van der Waals surface area (Å²) in [4.78, 5) is 25.5. The number of aromatic amines is 1. The zero-order chi connectivity index (χ0) is 15.5. The molecule has 1 aromatic heterocycles. The molecule has 0 aliphatic carbocycles. The summed E-state index contributed by atoms with van der Waals surface area (Å²) in [5, 5.41) is 2.75. The van der Waals surface area contributed by atoms with E-state index in [-0.39, 0.29) is 18.1 Å². The first-order chi connectivity index (χ1) is 10.6. The minimum absolute atomic E-state index is 0.110. The first-order valence-corrected chi connectivity index (χ1v) is 6.73. The summed E-state index contributed by atoms with van der Waals surface area (Å²) in [6, 6.07) is 11.1. The monoisotopic (exact) mass is 300 g/mol. The van der Waals surface area contributed by atoms with Crippen LogP contribution < -0.4 is 11.1 Å². The van der Waals surface area contributed by atoms with Crippen molar-refractivity contribution in [2.75, 3.05) is 0 Å². The van der Waals surface area contributed by atoms with Crippen LogP contribution in [0.5, 0.6) is 0 Å². The maximum Gasteiger partial charge on any atom is 0.417 e. The molecule has 0 aliphatic heterocycles. The fraction of sp³-hybridized carbons (Fsp3) is 0.125. The second-order valence-electron chi connectivity index (χ2n) is 4.93. The molecular weight excluding hydrogens is 287 g/mol. The van der Waals surface area contributed by atoms with Crippen molar-refractivity contribution < 1.29 is 13.6 Å². The van der Waals surface area contributed by atoms with Crippen LogP contribution in [-0.4, -0.2) is 10.9 Å². The van der Waals surface area contributed by atoms with E-state index >= 15 is 0 Å². The third-order valence-electron chi connectivity index (χ3n) is 3.23. The lowest BCUT2D eigenvalue weighted by Gasteiger charge is -2.05. The quantitative estimate of drug-likeness (QED) is 0.775. The van der Waals surface area contributed by atoms with Crippen LogP contribution in [0.25, 0.3) is 11.1 Å². The molecule has 1 amide bonds. The Morgan fingerprint density at radius 1 is 1.18 bits per heavy atom. The minimum atomic E-state index is -0.512. The number of carbonyl (C=O) groups is 1. The molecule has 0 spiro atoms. The number of rotatable bonds is 4. The number of amides is 1. The Morgan fingerprint density at radius 3 is 2.86 bits per heavy atom. The fourth-order valence-corrected chi connectivity index (χ4v) is 2.20. The summed E-state index contributed by atoms with van der Waals surface area (Å²) in [6.45, 7) is 0.305. The van der Waals surface area contributed by atoms with Crippen LogP contribution in [0.15, 0.2) is 51.7 Å². The number of nitrogens with one attached hydrogen (secondary N) is 2. The highest BCUT2D eigenvalue weighted by Gasteiger charge is 2.06.